The summed E-state index contributed by atoms with van der Waals surface area (Å²) in [7, 11) is 0. The van der Waals surface area contributed by atoms with Gasteiger partial charge in [0, 0.05) is 0 Å². The van der Waals surface area contributed by atoms with Crippen LogP contribution in [0, 0.1) is 6.92 Å². The summed E-state index contributed by atoms with van der Waals surface area (Å²) in [6.07, 6.45) is 0. The second-order valence-corrected chi connectivity index (χ2v) is 3.90. The third kappa shape index (κ3) is 2.64. The lowest BCUT2D eigenvalue weighted by atomic mass is 10.0. The second kappa shape index (κ2) is 4.70. The highest BCUT2D eigenvalue weighted by Crippen LogP contribution is 2.26. The number of hydrogen-bond donors (Lipinski definition) is 2. The molecule has 2 rings (SSSR count). The molecule has 0 atom stereocenters. The minimum atomic E-state index is 0.0839. The largest absolute Gasteiger partial charge is 0.370 e. The molecule has 17 heavy (non-hydrogen) atoms. The van der Waals surface area contributed by atoms with Crippen LogP contribution in [0.15, 0.2) is 53.5 Å². The molecule has 3 nitrogen and oxygen atoms in total. The number of rotatable bonds is 2. The van der Waals surface area contributed by atoms with Gasteiger partial charge in [-0.2, -0.15) is 0 Å². The number of aliphatic imine (C=N–C) groups is 1. The summed E-state index contributed by atoms with van der Waals surface area (Å²) in [5, 5.41) is 0. The number of nitrogens with two attached hydrogens (primary N) is 2. The first-order chi connectivity index (χ1) is 8.16. The fourth-order valence-electron chi connectivity index (χ4n) is 1.73. The van der Waals surface area contributed by atoms with Crippen LogP contribution in [0.2, 0.25) is 0 Å². The molecule has 0 unspecified atom stereocenters. The van der Waals surface area contributed by atoms with Gasteiger partial charge in [-0.25, -0.2) is 4.99 Å². The molecular weight excluding hydrogens is 210 g/mol. The zero-order valence-electron chi connectivity index (χ0n) is 9.72. The average molecular weight is 225 g/mol. The summed E-state index contributed by atoms with van der Waals surface area (Å²) in [5.74, 6) is 0.0839. The van der Waals surface area contributed by atoms with Crippen molar-refractivity contribution < 1.29 is 0 Å². The van der Waals surface area contributed by atoms with Gasteiger partial charge in [0.2, 0.25) is 0 Å². The highest BCUT2D eigenvalue weighted by Gasteiger charge is 2.01. The minimum absolute atomic E-state index is 0.0839. The van der Waals surface area contributed by atoms with Gasteiger partial charge in [-0.15, -0.1) is 0 Å². The topological polar surface area (TPSA) is 64.4 Å². The molecule has 2 aromatic rings. The molecule has 0 amide bonds. The zero-order chi connectivity index (χ0) is 12.3. The summed E-state index contributed by atoms with van der Waals surface area (Å²) in [4.78, 5) is 4.07. The first-order valence-electron chi connectivity index (χ1n) is 5.42. The molecular formula is C14H15N3. The van der Waals surface area contributed by atoms with Crippen molar-refractivity contribution in [3.8, 4) is 11.1 Å². The summed E-state index contributed by atoms with van der Waals surface area (Å²) in [6, 6.07) is 16.2. The highest BCUT2D eigenvalue weighted by atomic mass is 15.0. The molecule has 4 N–H and O–H groups in total. The summed E-state index contributed by atoms with van der Waals surface area (Å²) < 4.78 is 0. The van der Waals surface area contributed by atoms with Crippen molar-refractivity contribution in [1.29, 1.82) is 0 Å². The monoisotopic (exact) mass is 225 g/mol. The van der Waals surface area contributed by atoms with Crippen molar-refractivity contribution >= 4 is 11.6 Å². The Labute approximate surface area is 101 Å². The lowest BCUT2D eigenvalue weighted by molar-refractivity contribution is 1.36. The van der Waals surface area contributed by atoms with Crippen molar-refractivity contribution in [2.24, 2.45) is 16.5 Å². The van der Waals surface area contributed by atoms with Crippen LogP contribution >= 0.6 is 0 Å². The molecule has 0 bridgehead atoms. The molecule has 0 spiro atoms. The Morgan fingerprint density at radius 1 is 0.941 bits per heavy atom. The van der Waals surface area contributed by atoms with Crippen LogP contribution in [-0.4, -0.2) is 5.96 Å². The maximum Gasteiger partial charge on any atom is 0.191 e. The van der Waals surface area contributed by atoms with E-state index in [-0.39, 0.29) is 5.96 Å². The van der Waals surface area contributed by atoms with E-state index < -0.39 is 0 Å². The summed E-state index contributed by atoms with van der Waals surface area (Å²) in [5.41, 5.74) is 15.0. The summed E-state index contributed by atoms with van der Waals surface area (Å²) >= 11 is 0. The molecule has 0 radical (unpaired) electrons. The van der Waals surface area contributed by atoms with E-state index >= 15 is 0 Å². The van der Waals surface area contributed by atoms with E-state index in [1.54, 1.807) is 0 Å². The van der Waals surface area contributed by atoms with Gasteiger partial charge in [0.1, 0.15) is 0 Å². The van der Waals surface area contributed by atoms with Crippen molar-refractivity contribution in [3.63, 3.8) is 0 Å². The molecule has 86 valence electrons. The summed E-state index contributed by atoms with van der Waals surface area (Å²) in [6.45, 7) is 1.99. The van der Waals surface area contributed by atoms with E-state index in [0.29, 0.717) is 0 Å². The Kier molecular flexibility index (Phi) is 3.10. The second-order valence-electron chi connectivity index (χ2n) is 3.90. The van der Waals surface area contributed by atoms with Gasteiger partial charge < -0.3 is 11.5 Å². The standard InChI is InChI=1S/C14H15N3/c1-10-9-12(11-5-3-2-4-6-11)7-8-13(10)17-14(15)16/h2-9H,1H3,(H4,15,16,17). The average Bonchev–Trinajstić information content (AvgIpc) is 2.32. The van der Waals surface area contributed by atoms with Crippen LogP contribution in [0.25, 0.3) is 11.1 Å². The Bertz CT molecular complexity index is 541. The third-order valence-electron chi connectivity index (χ3n) is 2.55. The van der Waals surface area contributed by atoms with Crippen LogP contribution in [0.3, 0.4) is 0 Å². The van der Waals surface area contributed by atoms with Gasteiger partial charge in [0.15, 0.2) is 5.96 Å². The van der Waals surface area contributed by atoms with Crippen molar-refractivity contribution in [3.05, 3.63) is 54.1 Å². The molecule has 0 saturated carbocycles. The fourth-order valence-corrected chi connectivity index (χ4v) is 1.73. The predicted molar refractivity (Wildman–Crippen MR) is 72.1 cm³/mol. The quantitative estimate of drug-likeness (QED) is 0.609. The van der Waals surface area contributed by atoms with E-state index in [1.807, 2.05) is 37.3 Å². The number of aryl methyl sites for hydroxylation is 1. The number of hydrogen-bond acceptors (Lipinski definition) is 1. The maximum atomic E-state index is 5.37. The molecule has 3 heteroatoms. The number of nitrogens with zero attached hydrogens (tertiary/aromatic N) is 1. The van der Waals surface area contributed by atoms with Crippen molar-refractivity contribution in [2.75, 3.05) is 0 Å². The Morgan fingerprint density at radius 3 is 2.24 bits per heavy atom. The van der Waals surface area contributed by atoms with Crippen molar-refractivity contribution in [1.82, 2.24) is 0 Å². The van der Waals surface area contributed by atoms with Crippen LogP contribution in [-0.2, 0) is 0 Å². The van der Waals surface area contributed by atoms with E-state index in [4.69, 9.17) is 11.5 Å². The van der Waals surface area contributed by atoms with Crippen LogP contribution in [0.1, 0.15) is 5.56 Å². The van der Waals surface area contributed by atoms with E-state index in [9.17, 15) is 0 Å². The van der Waals surface area contributed by atoms with E-state index in [2.05, 4.69) is 23.2 Å². The lowest BCUT2D eigenvalue weighted by Crippen LogP contribution is -2.21. The van der Waals surface area contributed by atoms with E-state index in [0.717, 1.165) is 16.8 Å². The SMILES string of the molecule is Cc1cc(-c2ccccc2)ccc1N=C(N)N. The van der Waals surface area contributed by atoms with Gasteiger partial charge in [0.25, 0.3) is 0 Å². The first-order valence-corrected chi connectivity index (χ1v) is 5.42. The van der Waals surface area contributed by atoms with Gasteiger partial charge in [-0.1, -0.05) is 36.4 Å². The van der Waals surface area contributed by atoms with Crippen molar-refractivity contribution in [2.45, 2.75) is 6.92 Å². The lowest BCUT2D eigenvalue weighted by Gasteiger charge is -2.05. The Balaban J connectivity index is 2.41. The highest BCUT2D eigenvalue weighted by molar-refractivity contribution is 5.80. The van der Waals surface area contributed by atoms with Crippen LogP contribution in [0.4, 0.5) is 5.69 Å². The van der Waals surface area contributed by atoms with Crippen LogP contribution in [0.5, 0.6) is 0 Å². The number of benzene rings is 2. The normalized spacial score (nSPS) is 9.94. The molecule has 2 aromatic carbocycles. The first kappa shape index (κ1) is 11.2. The Morgan fingerprint density at radius 2 is 1.65 bits per heavy atom. The molecule has 0 aliphatic carbocycles. The van der Waals surface area contributed by atoms with E-state index in [1.165, 1.54) is 5.56 Å². The third-order valence-corrected chi connectivity index (χ3v) is 2.55. The van der Waals surface area contributed by atoms with Gasteiger partial charge in [-0.3, -0.25) is 0 Å². The molecule has 0 aliphatic rings. The molecule has 0 fully saturated rings. The molecule has 0 aliphatic heterocycles. The smallest absolute Gasteiger partial charge is 0.191 e. The number of guanidine groups is 1. The van der Waals surface area contributed by atoms with Gasteiger partial charge in [-0.05, 0) is 35.7 Å². The molecule has 0 aromatic heterocycles. The zero-order valence-corrected chi connectivity index (χ0v) is 9.72. The minimum Gasteiger partial charge on any atom is -0.370 e. The van der Waals surface area contributed by atoms with Gasteiger partial charge in [0.05, 0.1) is 5.69 Å². The van der Waals surface area contributed by atoms with Crippen LogP contribution < -0.4 is 11.5 Å². The fraction of sp³-hybridized carbons (Fsp3) is 0.0714. The Hall–Kier alpha value is -2.29. The molecule has 0 heterocycles. The predicted octanol–water partition coefficient (Wildman–Crippen LogP) is 2.57. The van der Waals surface area contributed by atoms with Gasteiger partial charge >= 0.3 is 0 Å². The molecule has 0 saturated heterocycles. The maximum absolute atomic E-state index is 5.37.